The predicted octanol–water partition coefficient (Wildman–Crippen LogP) is 1.33. The van der Waals surface area contributed by atoms with Gasteiger partial charge in [0.2, 0.25) is 11.8 Å². The van der Waals surface area contributed by atoms with Crippen LogP contribution in [-0.4, -0.2) is 34.4 Å². The molecule has 2 aromatic rings. The molecule has 23 heavy (non-hydrogen) atoms. The number of anilines is 1. The Hall–Kier alpha value is -2.57. The second-order valence-corrected chi connectivity index (χ2v) is 5.78. The van der Waals surface area contributed by atoms with Crippen LogP contribution in [0.4, 0.5) is 5.69 Å². The van der Waals surface area contributed by atoms with Crippen molar-refractivity contribution in [1.29, 1.82) is 0 Å². The number of carbonyl (C=O) groups is 2. The molecule has 7 nitrogen and oxygen atoms in total. The van der Waals surface area contributed by atoms with E-state index < -0.39 is 5.76 Å². The van der Waals surface area contributed by atoms with E-state index in [9.17, 15) is 14.4 Å². The number of nitrogens with one attached hydrogen (secondary N) is 1. The third-order valence-electron chi connectivity index (χ3n) is 4.27. The van der Waals surface area contributed by atoms with Crippen LogP contribution >= 0.6 is 0 Å². The summed E-state index contributed by atoms with van der Waals surface area (Å²) in [5, 5.41) is 2.86. The predicted molar refractivity (Wildman–Crippen MR) is 85.1 cm³/mol. The zero-order chi connectivity index (χ0) is 16.6. The maximum Gasteiger partial charge on any atom is 0.419 e. The van der Waals surface area contributed by atoms with Crippen LogP contribution in [0, 0.1) is 5.92 Å². The Morgan fingerprint density at radius 2 is 2.17 bits per heavy atom. The summed E-state index contributed by atoms with van der Waals surface area (Å²) in [6.07, 6.45) is 1.13. The van der Waals surface area contributed by atoms with Gasteiger partial charge in [0.05, 0.1) is 11.4 Å². The summed E-state index contributed by atoms with van der Waals surface area (Å²) in [6, 6.07) is 5.07. The zero-order valence-corrected chi connectivity index (χ0v) is 13.2. The maximum atomic E-state index is 12.4. The maximum absolute atomic E-state index is 12.4. The Labute approximate surface area is 132 Å². The van der Waals surface area contributed by atoms with Gasteiger partial charge in [-0.15, -0.1) is 0 Å². The van der Waals surface area contributed by atoms with Crippen molar-refractivity contribution < 1.29 is 14.0 Å². The highest BCUT2D eigenvalue weighted by Gasteiger charge is 2.30. The highest BCUT2D eigenvalue weighted by molar-refractivity contribution is 5.95. The molecule has 1 saturated heterocycles. The molecule has 1 aromatic carbocycles. The largest absolute Gasteiger partial charge is 0.419 e. The topological polar surface area (TPSA) is 84.6 Å². The van der Waals surface area contributed by atoms with Crippen LogP contribution in [0.5, 0.6) is 0 Å². The first-order chi connectivity index (χ1) is 11.0. The van der Waals surface area contributed by atoms with Gasteiger partial charge in [-0.1, -0.05) is 6.92 Å². The molecule has 122 valence electrons. The first-order valence-electron chi connectivity index (χ1n) is 7.67. The van der Waals surface area contributed by atoms with Gasteiger partial charge in [-0.05, 0) is 24.6 Å². The van der Waals surface area contributed by atoms with Crippen LogP contribution < -0.4 is 11.1 Å². The molecule has 2 heterocycles. The molecule has 0 radical (unpaired) electrons. The Bertz CT molecular complexity index is 820. The number of oxazole rings is 1. The molecule has 0 spiro atoms. The second kappa shape index (κ2) is 5.91. The molecule has 3 rings (SSSR count). The van der Waals surface area contributed by atoms with Crippen molar-refractivity contribution >= 4 is 28.6 Å². The fourth-order valence-corrected chi connectivity index (χ4v) is 2.87. The number of fused-ring (bicyclic) bond motifs is 1. The third kappa shape index (κ3) is 2.86. The van der Waals surface area contributed by atoms with Crippen LogP contribution in [0.2, 0.25) is 0 Å². The Balaban J connectivity index is 1.72. The number of carbonyl (C=O) groups excluding carboxylic acids is 2. The number of hydrogen-bond donors (Lipinski definition) is 1. The van der Waals surface area contributed by atoms with Crippen LogP contribution in [0.15, 0.2) is 27.4 Å². The van der Waals surface area contributed by atoms with Crippen molar-refractivity contribution in [2.75, 3.05) is 18.4 Å². The van der Waals surface area contributed by atoms with Gasteiger partial charge in [0, 0.05) is 32.2 Å². The van der Waals surface area contributed by atoms with E-state index in [2.05, 4.69) is 5.32 Å². The van der Waals surface area contributed by atoms with Gasteiger partial charge in [-0.25, -0.2) is 4.79 Å². The fraction of sp³-hybridized carbons (Fsp3) is 0.438. The second-order valence-electron chi connectivity index (χ2n) is 5.78. The van der Waals surface area contributed by atoms with E-state index in [4.69, 9.17) is 4.42 Å². The molecule has 1 fully saturated rings. The standard InChI is InChI=1S/C16H19N3O4/c1-3-14(20)19-7-6-10(9-19)15(21)17-11-4-5-13-12(8-11)18(2)16(22)23-13/h4-5,8,10H,3,6-7,9H2,1-2H3,(H,17,21). The van der Waals surface area contributed by atoms with Crippen LogP contribution in [0.3, 0.4) is 0 Å². The molecule has 0 aliphatic carbocycles. The Morgan fingerprint density at radius 3 is 2.91 bits per heavy atom. The SMILES string of the molecule is CCC(=O)N1CCC(C(=O)Nc2ccc3oc(=O)n(C)c3c2)C1. The van der Waals surface area contributed by atoms with Gasteiger partial charge >= 0.3 is 5.76 Å². The van der Waals surface area contributed by atoms with Crippen molar-refractivity contribution in [3.05, 3.63) is 28.7 Å². The van der Waals surface area contributed by atoms with Crippen molar-refractivity contribution in [2.24, 2.45) is 13.0 Å². The van der Waals surface area contributed by atoms with E-state index >= 15 is 0 Å². The van der Waals surface area contributed by atoms with E-state index in [0.717, 1.165) is 0 Å². The minimum atomic E-state index is -0.437. The smallest absolute Gasteiger partial charge is 0.408 e. The molecule has 1 aromatic heterocycles. The molecule has 2 amide bonds. The normalized spacial score (nSPS) is 17.7. The molecule has 1 aliphatic rings. The molecule has 7 heteroatoms. The van der Waals surface area contributed by atoms with Crippen molar-refractivity contribution in [1.82, 2.24) is 9.47 Å². The van der Waals surface area contributed by atoms with Crippen molar-refractivity contribution in [3.63, 3.8) is 0 Å². The van der Waals surface area contributed by atoms with Gasteiger partial charge in [0.1, 0.15) is 0 Å². The summed E-state index contributed by atoms with van der Waals surface area (Å²) in [5.74, 6) is -0.665. The summed E-state index contributed by atoms with van der Waals surface area (Å²) in [7, 11) is 1.62. The molecular formula is C16H19N3O4. The molecule has 0 saturated carbocycles. The lowest BCUT2D eigenvalue weighted by Gasteiger charge is -2.15. The molecule has 0 bridgehead atoms. The number of aryl methyl sites for hydroxylation is 1. The fourth-order valence-electron chi connectivity index (χ4n) is 2.87. The Kier molecular flexibility index (Phi) is 3.94. The number of benzene rings is 1. The number of amides is 2. The first kappa shape index (κ1) is 15.3. The molecule has 1 aliphatic heterocycles. The average molecular weight is 317 g/mol. The van der Waals surface area contributed by atoms with Gasteiger partial charge < -0.3 is 14.6 Å². The van der Waals surface area contributed by atoms with Crippen LogP contribution in [0.1, 0.15) is 19.8 Å². The quantitative estimate of drug-likeness (QED) is 0.925. The van der Waals surface area contributed by atoms with E-state index in [1.807, 2.05) is 6.92 Å². The number of hydrogen-bond acceptors (Lipinski definition) is 4. The van der Waals surface area contributed by atoms with Crippen LogP contribution in [0.25, 0.3) is 11.1 Å². The summed E-state index contributed by atoms with van der Waals surface area (Å²) >= 11 is 0. The number of likely N-dealkylation sites (tertiary alicyclic amines) is 1. The van der Waals surface area contributed by atoms with Gasteiger partial charge in [0.25, 0.3) is 0 Å². The van der Waals surface area contributed by atoms with E-state index in [0.29, 0.717) is 42.7 Å². The number of nitrogens with zero attached hydrogens (tertiary/aromatic N) is 2. The Morgan fingerprint density at radius 1 is 1.39 bits per heavy atom. The first-order valence-corrected chi connectivity index (χ1v) is 7.67. The molecule has 1 atom stereocenters. The minimum absolute atomic E-state index is 0.0788. The lowest BCUT2D eigenvalue weighted by atomic mass is 10.1. The summed E-state index contributed by atoms with van der Waals surface area (Å²) in [5.41, 5.74) is 1.72. The molecule has 1 unspecified atom stereocenters. The highest BCUT2D eigenvalue weighted by Crippen LogP contribution is 2.21. The summed E-state index contributed by atoms with van der Waals surface area (Å²) in [6.45, 7) is 2.91. The summed E-state index contributed by atoms with van der Waals surface area (Å²) < 4.78 is 6.45. The van der Waals surface area contributed by atoms with Crippen LogP contribution in [-0.2, 0) is 16.6 Å². The highest BCUT2D eigenvalue weighted by atomic mass is 16.4. The van der Waals surface area contributed by atoms with Crippen molar-refractivity contribution in [2.45, 2.75) is 19.8 Å². The average Bonchev–Trinajstić information content (AvgIpc) is 3.14. The zero-order valence-electron chi connectivity index (χ0n) is 13.2. The van der Waals surface area contributed by atoms with E-state index in [1.54, 1.807) is 30.1 Å². The monoisotopic (exact) mass is 317 g/mol. The molecule has 1 N–H and O–H groups in total. The van der Waals surface area contributed by atoms with Crippen molar-refractivity contribution in [3.8, 4) is 0 Å². The summed E-state index contributed by atoms with van der Waals surface area (Å²) in [4.78, 5) is 37.2. The lowest BCUT2D eigenvalue weighted by molar-refractivity contribution is -0.130. The van der Waals surface area contributed by atoms with E-state index in [-0.39, 0.29) is 17.7 Å². The lowest BCUT2D eigenvalue weighted by Crippen LogP contribution is -2.30. The number of rotatable bonds is 3. The number of aromatic nitrogens is 1. The van der Waals surface area contributed by atoms with Gasteiger partial charge in [-0.3, -0.25) is 14.2 Å². The molecular weight excluding hydrogens is 298 g/mol. The minimum Gasteiger partial charge on any atom is -0.408 e. The van der Waals surface area contributed by atoms with Gasteiger partial charge in [-0.2, -0.15) is 0 Å². The van der Waals surface area contributed by atoms with E-state index in [1.165, 1.54) is 4.57 Å². The third-order valence-corrected chi connectivity index (χ3v) is 4.27. The van der Waals surface area contributed by atoms with Gasteiger partial charge in [0.15, 0.2) is 5.58 Å².